The van der Waals surface area contributed by atoms with Crippen molar-refractivity contribution in [3.63, 3.8) is 0 Å². The average molecular weight is 344 g/mol. The zero-order chi connectivity index (χ0) is 17.6. The molecule has 0 unspecified atom stereocenters. The van der Waals surface area contributed by atoms with Gasteiger partial charge in [0.1, 0.15) is 17.2 Å². The number of amides is 1. The van der Waals surface area contributed by atoms with Gasteiger partial charge < -0.3 is 14.7 Å². The first-order valence-corrected chi connectivity index (χ1v) is 8.37. The molecule has 0 saturated heterocycles. The number of carbonyl (C=O) groups is 2. The maximum Gasteiger partial charge on any atom is 0.323 e. The van der Waals surface area contributed by atoms with Gasteiger partial charge in [-0.25, -0.2) is 13.1 Å². The van der Waals surface area contributed by atoms with Crippen LogP contribution in [-0.4, -0.2) is 57.5 Å². The second-order valence-corrected chi connectivity index (χ2v) is 6.55. The van der Waals surface area contributed by atoms with Crippen molar-refractivity contribution in [1.82, 2.24) is 9.62 Å². The summed E-state index contributed by atoms with van der Waals surface area (Å²) in [5.41, 5.74) is 0.0781. The number of aliphatic carboxylic acids is 1. The van der Waals surface area contributed by atoms with E-state index in [-0.39, 0.29) is 22.8 Å². The highest BCUT2D eigenvalue weighted by Crippen LogP contribution is 2.25. The highest BCUT2D eigenvalue weighted by Gasteiger charge is 2.23. The van der Waals surface area contributed by atoms with Crippen LogP contribution in [0.3, 0.4) is 0 Å². The molecule has 9 heteroatoms. The fraction of sp³-hybridized carbons (Fsp3) is 0.429. The molecule has 0 heterocycles. The predicted octanol–water partition coefficient (Wildman–Crippen LogP) is 0.540. The second kappa shape index (κ2) is 7.93. The Bertz CT molecular complexity index is 687. The summed E-state index contributed by atoms with van der Waals surface area (Å²) in [6.45, 7) is 1.62. The molecule has 0 spiro atoms. The summed E-state index contributed by atoms with van der Waals surface area (Å²) in [6.07, 6.45) is 0.580. The van der Waals surface area contributed by atoms with Gasteiger partial charge in [-0.05, 0) is 31.7 Å². The molecule has 1 rings (SSSR count). The molecule has 0 aliphatic heterocycles. The lowest BCUT2D eigenvalue weighted by Crippen LogP contribution is -2.36. The Hall–Kier alpha value is -2.13. The topological polar surface area (TPSA) is 113 Å². The quantitative estimate of drug-likeness (QED) is 0.712. The average Bonchev–Trinajstić information content (AvgIpc) is 2.52. The summed E-state index contributed by atoms with van der Waals surface area (Å²) in [7, 11) is -1.25. The molecule has 0 saturated carbocycles. The van der Waals surface area contributed by atoms with E-state index in [0.717, 1.165) is 4.90 Å². The Kier molecular flexibility index (Phi) is 6.52. The van der Waals surface area contributed by atoms with E-state index in [9.17, 15) is 18.0 Å². The number of carboxylic acids is 1. The lowest BCUT2D eigenvalue weighted by Gasteiger charge is -2.20. The van der Waals surface area contributed by atoms with Crippen molar-refractivity contribution in [3.05, 3.63) is 23.8 Å². The Labute approximate surface area is 135 Å². The van der Waals surface area contributed by atoms with Crippen LogP contribution in [0.2, 0.25) is 0 Å². The van der Waals surface area contributed by atoms with Crippen LogP contribution in [0.15, 0.2) is 23.1 Å². The number of ether oxygens (including phenoxy) is 1. The minimum Gasteiger partial charge on any atom is -0.495 e. The van der Waals surface area contributed by atoms with Gasteiger partial charge in [0.15, 0.2) is 0 Å². The fourth-order valence-corrected chi connectivity index (χ4v) is 2.92. The SMILES string of the molecule is CCCN(CC(=O)O)C(=O)c1ccc(OC)c(S(=O)(=O)NC)c1. The van der Waals surface area contributed by atoms with Crippen LogP contribution in [0.1, 0.15) is 23.7 Å². The number of nitrogens with one attached hydrogen (secondary N) is 1. The third-order valence-corrected chi connectivity index (χ3v) is 4.51. The van der Waals surface area contributed by atoms with Gasteiger partial charge in [-0.1, -0.05) is 6.92 Å². The van der Waals surface area contributed by atoms with E-state index in [1.165, 1.54) is 32.4 Å². The number of benzene rings is 1. The Morgan fingerprint density at radius 1 is 1.35 bits per heavy atom. The zero-order valence-corrected chi connectivity index (χ0v) is 14.0. The minimum atomic E-state index is -3.82. The first kappa shape index (κ1) is 18.9. The number of carbonyl (C=O) groups excluding carboxylic acids is 1. The fourth-order valence-electron chi connectivity index (χ4n) is 2.00. The number of methoxy groups -OCH3 is 1. The van der Waals surface area contributed by atoms with E-state index in [1.807, 2.05) is 6.92 Å². The van der Waals surface area contributed by atoms with Crippen molar-refractivity contribution in [2.45, 2.75) is 18.2 Å². The molecule has 1 aromatic carbocycles. The lowest BCUT2D eigenvalue weighted by atomic mass is 10.2. The van der Waals surface area contributed by atoms with Crippen LogP contribution in [0.4, 0.5) is 0 Å². The summed E-state index contributed by atoms with van der Waals surface area (Å²) >= 11 is 0. The van der Waals surface area contributed by atoms with Crippen LogP contribution in [0.25, 0.3) is 0 Å². The summed E-state index contributed by atoms with van der Waals surface area (Å²) in [6, 6.07) is 3.94. The van der Waals surface area contributed by atoms with Crippen molar-refractivity contribution in [1.29, 1.82) is 0 Å². The number of nitrogens with zero attached hydrogens (tertiary/aromatic N) is 1. The van der Waals surface area contributed by atoms with Crippen molar-refractivity contribution in [2.75, 3.05) is 27.2 Å². The Morgan fingerprint density at radius 2 is 2.00 bits per heavy atom. The highest BCUT2D eigenvalue weighted by molar-refractivity contribution is 7.89. The molecule has 0 bridgehead atoms. The number of rotatable bonds is 8. The highest BCUT2D eigenvalue weighted by atomic mass is 32.2. The summed E-state index contributed by atoms with van der Waals surface area (Å²) in [5, 5.41) is 8.89. The molecule has 1 amide bonds. The van der Waals surface area contributed by atoms with Gasteiger partial charge in [-0.3, -0.25) is 9.59 Å². The third kappa shape index (κ3) is 4.67. The summed E-state index contributed by atoms with van der Waals surface area (Å²) < 4.78 is 31.2. The van der Waals surface area contributed by atoms with E-state index >= 15 is 0 Å². The monoisotopic (exact) mass is 344 g/mol. The molecular formula is C14H20N2O6S. The molecule has 8 nitrogen and oxygen atoms in total. The summed E-state index contributed by atoms with van der Waals surface area (Å²) in [5.74, 6) is -1.59. The Balaban J connectivity index is 3.29. The normalized spacial score (nSPS) is 11.1. The van der Waals surface area contributed by atoms with Gasteiger partial charge >= 0.3 is 5.97 Å². The van der Waals surface area contributed by atoms with Crippen LogP contribution >= 0.6 is 0 Å². The van der Waals surface area contributed by atoms with Crippen LogP contribution in [-0.2, 0) is 14.8 Å². The third-order valence-electron chi connectivity index (χ3n) is 3.08. The number of sulfonamides is 1. The number of hydrogen-bond donors (Lipinski definition) is 2. The molecule has 0 aliphatic rings. The van der Waals surface area contributed by atoms with Crippen LogP contribution in [0, 0.1) is 0 Å². The maximum absolute atomic E-state index is 12.4. The van der Waals surface area contributed by atoms with E-state index < -0.39 is 28.4 Å². The van der Waals surface area contributed by atoms with E-state index in [0.29, 0.717) is 6.42 Å². The zero-order valence-electron chi connectivity index (χ0n) is 13.2. The van der Waals surface area contributed by atoms with Crippen molar-refractivity contribution in [3.8, 4) is 5.75 Å². The van der Waals surface area contributed by atoms with Gasteiger partial charge in [-0.2, -0.15) is 0 Å². The molecule has 0 aliphatic carbocycles. The van der Waals surface area contributed by atoms with Gasteiger partial charge in [0.2, 0.25) is 10.0 Å². The maximum atomic E-state index is 12.4. The van der Waals surface area contributed by atoms with Crippen molar-refractivity contribution < 1.29 is 27.9 Å². The first-order chi connectivity index (χ1) is 10.8. The molecule has 2 N–H and O–H groups in total. The molecule has 1 aromatic rings. The van der Waals surface area contributed by atoms with Crippen molar-refractivity contribution in [2.24, 2.45) is 0 Å². The molecule has 0 atom stereocenters. The van der Waals surface area contributed by atoms with Crippen molar-refractivity contribution >= 4 is 21.9 Å². The molecular weight excluding hydrogens is 324 g/mol. The van der Waals surface area contributed by atoms with Gasteiger partial charge in [-0.15, -0.1) is 0 Å². The molecule has 128 valence electrons. The van der Waals surface area contributed by atoms with E-state index in [1.54, 1.807) is 0 Å². The van der Waals surface area contributed by atoms with Gasteiger partial charge in [0.05, 0.1) is 7.11 Å². The van der Waals surface area contributed by atoms with E-state index in [4.69, 9.17) is 9.84 Å². The number of hydrogen-bond acceptors (Lipinski definition) is 5. The first-order valence-electron chi connectivity index (χ1n) is 6.89. The van der Waals surface area contributed by atoms with Gasteiger partial charge in [0.25, 0.3) is 5.91 Å². The second-order valence-electron chi connectivity index (χ2n) is 4.69. The molecule has 23 heavy (non-hydrogen) atoms. The molecule has 0 radical (unpaired) electrons. The smallest absolute Gasteiger partial charge is 0.323 e. The predicted molar refractivity (Wildman–Crippen MR) is 83.1 cm³/mol. The largest absolute Gasteiger partial charge is 0.495 e. The molecule has 0 aromatic heterocycles. The Morgan fingerprint density at radius 3 is 2.48 bits per heavy atom. The van der Waals surface area contributed by atoms with Crippen LogP contribution in [0.5, 0.6) is 5.75 Å². The van der Waals surface area contributed by atoms with Crippen LogP contribution < -0.4 is 9.46 Å². The lowest BCUT2D eigenvalue weighted by molar-refractivity contribution is -0.137. The van der Waals surface area contributed by atoms with E-state index in [2.05, 4.69) is 4.72 Å². The number of carboxylic acid groups (broad SMARTS) is 1. The molecule has 0 fully saturated rings. The summed E-state index contributed by atoms with van der Waals surface area (Å²) in [4.78, 5) is 24.3. The van der Waals surface area contributed by atoms with Gasteiger partial charge in [0, 0.05) is 12.1 Å². The standard InChI is InChI=1S/C14H20N2O6S/c1-4-7-16(9-13(17)18)14(19)10-5-6-11(22-3)12(8-10)23(20,21)15-2/h5-6,8,15H,4,7,9H2,1-3H3,(H,17,18). The minimum absolute atomic E-state index is 0.0781.